The molecule has 38 heavy (non-hydrogen) atoms. The lowest BCUT2D eigenvalue weighted by Gasteiger charge is -2.62. The quantitative estimate of drug-likeness (QED) is 0.403. The maximum Gasteiger partial charge on any atom is 0.302 e. The molecule has 6 rings (SSSR count). The molecule has 2 heterocycles. The Morgan fingerprint density at radius 1 is 0.921 bits per heavy atom. The van der Waals surface area contributed by atoms with Gasteiger partial charge in [-0.05, 0) is 113 Å². The molecule has 2 aliphatic heterocycles. The summed E-state index contributed by atoms with van der Waals surface area (Å²) < 4.78 is 7.18. The number of nitrogens with zero attached hydrogens (tertiary/aromatic N) is 2. The van der Waals surface area contributed by atoms with Crippen LogP contribution >= 0.6 is 0 Å². The smallest absolute Gasteiger partial charge is 0.302 e. The minimum absolute atomic E-state index is 0. The number of hydrogen-bond donors (Lipinski definition) is 1. The molecule has 6 fully saturated rings. The number of piperidine rings is 2. The van der Waals surface area contributed by atoms with Crippen molar-refractivity contribution in [3.05, 3.63) is 0 Å². The van der Waals surface area contributed by atoms with Gasteiger partial charge in [0.25, 0.3) is 0 Å². The number of rotatable bonds is 3. The summed E-state index contributed by atoms with van der Waals surface area (Å²) in [5.74, 6) is 2.74. The second-order valence-corrected chi connectivity index (χ2v) is 15.2. The van der Waals surface area contributed by atoms with E-state index in [4.69, 9.17) is 4.74 Å². The van der Waals surface area contributed by atoms with Crippen LogP contribution in [0.1, 0.15) is 104 Å². The van der Waals surface area contributed by atoms with E-state index in [1.807, 2.05) is 0 Å². The van der Waals surface area contributed by atoms with Crippen molar-refractivity contribution in [3.8, 4) is 0 Å². The van der Waals surface area contributed by atoms with E-state index < -0.39 is 0 Å². The Hall–Kier alpha value is -0.170. The van der Waals surface area contributed by atoms with Gasteiger partial charge in [-0.3, -0.25) is 9.69 Å². The lowest BCUT2D eigenvalue weighted by atomic mass is 9.44. The summed E-state index contributed by atoms with van der Waals surface area (Å²) >= 11 is 0. The normalized spacial score (nSPS) is 48.7. The van der Waals surface area contributed by atoms with Crippen LogP contribution in [0.2, 0.25) is 0 Å². The molecule has 0 aromatic carbocycles. The van der Waals surface area contributed by atoms with E-state index in [2.05, 4.69) is 25.8 Å². The van der Waals surface area contributed by atoms with Gasteiger partial charge in [0.15, 0.2) is 0 Å². The van der Waals surface area contributed by atoms with Gasteiger partial charge in [-0.25, -0.2) is 0 Å². The average Bonchev–Trinajstić information content (AvgIpc) is 3.16. The number of fused-ring (bicyclic) bond motifs is 5. The van der Waals surface area contributed by atoms with Crippen LogP contribution in [0.4, 0.5) is 0 Å². The zero-order valence-corrected chi connectivity index (χ0v) is 26.3. The zero-order valence-electron chi connectivity index (χ0n) is 24.7. The third-order valence-corrected chi connectivity index (χ3v) is 13.4. The highest BCUT2D eigenvalue weighted by molar-refractivity contribution is 5.66. The third-order valence-electron chi connectivity index (χ3n) is 13.4. The lowest BCUT2D eigenvalue weighted by Crippen LogP contribution is -3.00. The van der Waals surface area contributed by atoms with Gasteiger partial charge >= 0.3 is 5.97 Å². The number of aliphatic hydroxyl groups is 1. The number of aliphatic hydroxyl groups excluding tert-OH is 1. The van der Waals surface area contributed by atoms with Crippen molar-refractivity contribution in [3.63, 3.8) is 0 Å². The van der Waals surface area contributed by atoms with Gasteiger partial charge in [0.2, 0.25) is 0 Å². The van der Waals surface area contributed by atoms with Crippen molar-refractivity contribution in [2.75, 3.05) is 33.2 Å². The lowest BCUT2D eigenvalue weighted by molar-refractivity contribution is -0.940. The Morgan fingerprint density at radius 2 is 1.61 bits per heavy atom. The summed E-state index contributed by atoms with van der Waals surface area (Å²) in [5.41, 5.74) is 0.421. The molecule has 0 aromatic rings. The number of ether oxygens (including phenoxy) is 1. The summed E-state index contributed by atoms with van der Waals surface area (Å²) in [6, 6.07) is 0.817. The number of likely N-dealkylation sites (N-methyl/N-ethyl adjacent to an activating group) is 1. The van der Waals surface area contributed by atoms with Gasteiger partial charge in [0.1, 0.15) is 18.2 Å². The highest BCUT2D eigenvalue weighted by atomic mass is 79.9. The molecule has 6 heteroatoms. The number of esters is 1. The Balaban J connectivity index is 0.00000294. The number of carbonyl (C=O) groups is 1. The predicted octanol–water partition coefficient (Wildman–Crippen LogP) is 2.40. The Labute approximate surface area is 242 Å². The molecule has 6 aliphatic rings. The van der Waals surface area contributed by atoms with E-state index >= 15 is 0 Å². The number of quaternary nitrogens is 1. The van der Waals surface area contributed by atoms with Crippen molar-refractivity contribution in [2.45, 2.75) is 129 Å². The first-order chi connectivity index (χ1) is 17.7. The third kappa shape index (κ3) is 4.73. The van der Waals surface area contributed by atoms with Gasteiger partial charge in [-0.15, -0.1) is 0 Å². The van der Waals surface area contributed by atoms with Gasteiger partial charge in [0, 0.05) is 24.8 Å². The van der Waals surface area contributed by atoms with E-state index in [0.717, 1.165) is 22.7 Å². The molecular weight excluding hydrogens is 540 g/mol. The second kappa shape index (κ2) is 10.9. The van der Waals surface area contributed by atoms with Crippen LogP contribution in [0.3, 0.4) is 0 Å². The standard InChI is InChI=1S/C32H55N2O3.BrH/c1-22(35)37-29-19-23-11-12-24-25(32(23,3)21-27(29)33-15-7-5-8-16-33)13-14-31(2)26(24)20-28(30(31)36)34(4)17-9-6-10-18-34;/h23-30,36H,5-21H2,1-4H3;1H/q+1;/p-1/t23-,24?,25?,26?,27-,28-,29-,30-,31-,32-;/m0./s1. The van der Waals surface area contributed by atoms with Crippen LogP contribution in [0, 0.1) is 34.5 Å². The van der Waals surface area contributed by atoms with E-state index in [0.29, 0.717) is 29.3 Å². The van der Waals surface area contributed by atoms with Crippen molar-refractivity contribution in [2.24, 2.45) is 34.5 Å². The Kier molecular flexibility index (Phi) is 8.42. The van der Waals surface area contributed by atoms with E-state index in [1.54, 1.807) is 6.92 Å². The predicted molar refractivity (Wildman–Crippen MR) is 147 cm³/mol. The summed E-state index contributed by atoms with van der Waals surface area (Å²) in [7, 11) is 2.46. The maximum atomic E-state index is 12.1. The van der Waals surface area contributed by atoms with E-state index in [9.17, 15) is 9.90 Å². The fourth-order valence-corrected chi connectivity index (χ4v) is 11.4. The largest absolute Gasteiger partial charge is 1.00 e. The van der Waals surface area contributed by atoms with Gasteiger partial charge in [-0.1, -0.05) is 20.3 Å². The fourth-order valence-electron chi connectivity index (χ4n) is 11.4. The van der Waals surface area contributed by atoms with E-state index in [-0.39, 0.29) is 40.6 Å². The summed E-state index contributed by atoms with van der Waals surface area (Å²) in [5, 5.41) is 11.9. The number of carbonyl (C=O) groups excluding carboxylic acids is 1. The van der Waals surface area contributed by atoms with Gasteiger partial charge in [-0.2, -0.15) is 0 Å². The van der Waals surface area contributed by atoms with Crippen molar-refractivity contribution < 1.29 is 36.1 Å². The first-order valence-electron chi connectivity index (χ1n) is 16.1. The fraction of sp³-hybridized carbons (Fsp3) is 0.969. The first kappa shape index (κ1) is 29.3. The van der Waals surface area contributed by atoms with Gasteiger partial charge < -0.3 is 31.3 Å². The molecule has 4 saturated carbocycles. The van der Waals surface area contributed by atoms with Crippen LogP contribution in [-0.2, 0) is 9.53 Å². The molecule has 0 aromatic heterocycles. The molecule has 0 amide bonds. The van der Waals surface area contributed by atoms with Crippen LogP contribution in [0.15, 0.2) is 0 Å². The molecule has 2 saturated heterocycles. The molecular formula is C32H55BrN2O3. The topological polar surface area (TPSA) is 49.8 Å². The SMILES string of the molecule is CC(=O)O[C@H]1C[C@@H]2CCC3C4C[C@H]([N+]5(C)CCCCC5)[C@H](O)[C@@]4(C)CCC3[C@@]2(C)C[C@@H]1N1CCCCC1.[Br-]. The van der Waals surface area contributed by atoms with Gasteiger partial charge in [0.05, 0.1) is 20.1 Å². The molecule has 5 nitrogen and oxygen atoms in total. The van der Waals surface area contributed by atoms with Crippen molar-refractivity contribution in [1.82, 2.24) is 4.90 Å². The van der Waals surface area contributed by atoms with Crippen LogP contribution < -0.4 is 17.0 Å². The number of likely N-dealkylation sites (tertiary alicyclic amines) is 2. The van der Waals surface area contributed by atoms with Crippen LogP contribution in [0.25, 0.3) is 0 Å². The maximum absolute atomic E-state index is 12.1. The summed E-state index contributed by atoms with van der Waals surface area (Å²) in [6.45, 7) is 11.6. The molecule has 0 bridgehead atoms. The Bertz CT molecular complexity index is 858. The Morgan fingerprint density at radius 3 is 2.29 bits per heavy atom. The molecule has 0 radical (unpaired) electrons. The molecule has 10 atom stereocenters. The second-order valence-electron chi connectivity index (χ2n) is 15.2. The average molecular weight is 596 g/mol. The monoisotopic (exact) mass is 594 g/mol. The summed E-state index contributed by atoms with van der Waals surface area (Å²) in [6.07, 6.45) is 16.4. The highest BCUT2D eigenvalue weighted by Crippen LogP contribution is 2.67. The molecule has 0 spiro atoms. The van der Waals surface area contributed by atoms with Crippen LogP contribution in [-0.4, -0.2) is 78.0 Å². The molecule has 218 valence electrons. The minimum Gasteiger partial charge on any atom is -1.00 e. The first-order valence-corrected chi connectivity index (χ1v) is 16.1. The summed E-state index contributed by atoms with van der Waals surface area (Å²) in [4.78, 5) is 14.8. The van der Waals surface area contributed by atoms with Crippen molar-refractivity contribution in [1.29, 1.82) is 0 Å². The molecule has 4 aliphatic carbocycles. The van der Waals surface area contributed by atoms with Crippen LogP contribution in [0.5, 0.6) is 0 Å². The number of hydrogen-bond acceptors (Lipinski definition) is 4. The number of halogens is 1. The molecule has 1 N–H and O–H groups in total. The molecule has 3 unspecified atom stereocenters. The van der Waals surface area contributed by atoms with Crippen molar-refractivity contribution >= 4 is 5.97 Å². The zero-order chi connectivity index (χ0) is 26.0. The van der Waals surface area contributed by atoms with E-state index in [1.165, 1.54) is 103 Å². The highest BCUT2D eigenvalue weighted by Gasteiger charge is 2.66. The minimum atomic E-state index is -0.145.